The number of hydrogen-bond acceptors (Lipinski definition) is 7. The van der Waals surface area contributed by atoms with Crippen molar-refractivity contribution in [1.29, 1.82) is 0 Å². The van der Waals surface area contributed by atoms with E-state index in [0.717, 1.165) is 5.56 Å². The first kappa shape index (κ1) is 22.6. The molecule has 0 bridgehead atoms. The maximum atomic E-state index is 12.8. The van der Waals surface area contributed by atoms with Gasteiger partial charge in [-0.25, -0.2) is 0 Å². The summed E-state index contributed by atoms with van der Waals surface area (Å²) in [6, 6.07) is 12.9. The van der Waals surface area contributed by atoms with E-state index in [-0.39, 0.29) is 37.3 Å². The molecule has 1 fully saturated rings. The number of carbonyl (C=O) groups is 3. The fraction of sp³-hybridized carbons (Fsp3) is 0.273. The number of aromatic nitrogens is 3. The second-order valence-corrected chi connectivity index (χ2v) is 7.04. The minimum Gasteiger partial charge on any atom is -0.483 e. The lowest BCUT2D eigenvalue weighted by Crippen LogP contribution is -2.58. The van der Waals surface area contributed by atoms with Crippen LogP contribution in [0.1, 0.15) is 18.4 Å². The predicted molar refractivity (Wildman–Crippen MR) is 113 cm³/mol. The Morgan fingerprint density at radius 3 is 2.59 bits per heavy atom. The molecule has 2 aromatic heterocycles. The lowest BCUT2D eigenvalue weighted by atomic mass is 10.1. The summed E-state index contributed by atoms with van der Waals surface area (Å²) in [7, 11) is 0. The van der Waals surface area contributed by atoms with Crippen LogP contribution < -0.4 is 0 Å². The number of nitrogens with zero attached hydrogens (tertiary/aromatic N) is 5. The molecule has 1 aliphatic rings. The fourth-order valence-electron chi connectivity index (χ4n) is 3.34. The van der Waals surface area contributed by atoms with Crippen LogP contribution in [0.4, 0.5) is 0 Å². The molecular weight excluding hydrogens is 414 g/mol. The maximum Gasteiger partial charge on any atom is 0.290 e. The minimum absolute atomic E-state index is 0.0552. The van der Waals surface area contributed by atoms with Crippen molar-refractivity contribution in [2.75, 3.05) is 13.1 Å². The van der Waals surface area contributed by atoms with Gasteiger partial charge in [0.1, 0.15) is 6.04 Å². The van der Waals surface area contributed by atoms with Gasteiger partial charge in [0, 0.05) is 18.9 Å². The van der Waals surface area contributed by atoms with Gasteiger partial charge in [-0.3, -0.25) is 19.4 Å². The summed E-state index contributed by atoms with van der Waals surface area (Å²) in [5, 5.41) is 14.9. The zero-order valence-corrected chi connectivity index (χ0v) is 17.5. The third-order valence-corrected chi connectivity index (χ3v) is 4.98. The highest BCUT2D eigenvalue weighted by Gasteiger charge is 2.37. The third-order valence-electron chi connectivity index (χ3n) is 4.98. The zero-order valence-electron chi connectivity index (χ0n) is 17.5. The third kappa shape index (κ3) is 5.54. The minimum atomic E-state index is -0.583. The van der Waals surface area contributed by atoms with E-state index >= 15 is 0 Å². The number of pyridine rings is 1. The quantitative estimate of drug-likeness (QED) is 0.576. The van der Waals surface area contributed by atoms with Crippen molar-refractivity contribution in [3.05, 3.63) is 66.3 Å². The van der Waals surface area contributed by atoms with Crippen molar-refractivity contribution in [2.24, 2.45) is 0 Å². The number of rotatable bonds is 6. The van der Waals surface area contributed by atoms with Gasteiger partial charge in [0.05, 0.1) is 18.7 Å². The molecule has 0 saturated carbocycles. The second-order valence-electron chi connectivity index (χ2n) is 7.04. The van der Waals surface area contributed by atoms with E-state index < -0.39 is 6.04 Å². The Kier molecular flexibility index (Phi) is 7.63. The second kappa shape index (κ2) is 10.8. The van der Waals surface area contributed by atoms with E-state index in [1.165, 1.54) is 4.90 Å². The highest BCUT2D eigenvalue weighted by atomic mass is 16.4. The molecule has 1 saturated heterocycles. The topological polar surface area (TPSA) is 130 Å². The summed E-state index contributed by atoms with van der Waals surface area (Å²) >= 11 is 0. The summed E-state index contributed by atoms with van der Waals surface area (Å²) in [6.07, 6.45) is 3.99. The molecule has 0 spiro atoms. The number of carboxylic acid groups (broad SMARTS) is 1. The molecule has 1 atom stereocenters. The largest absolute Gasteiger partial charge is 0.483 e. The first-order chi connectivity index (χ1) is 15.5. The van der Waals surface area contributed by atoms with Gasteiger partial charge in [-0.1, -0.05) is 30.3 Å². The summed E-state index contributed by atoms with van der Waals surface area (Å²) in [5.74, 6) is 0.412. The van der Waals surface area contributed by atoms with Gasteiger partial charge < -0.3 is 19.3 Å². The predicted octanol–water partition coefficient (Wildman–Crippen LogP) is 1.63. The maximum absolute atomic E-state index is 12.8. The monoisotopic (exact) mass is 437 g/mol. The summed E-state index contributed by atoms with van der Waals surface area (Å²) in [4.78, 5) is 41.0. The molecule has 0 unspecified atom stereocenters. The van der Waals surface area contributed by atoms with Gasteiger partial charge in [-0.15, -0.1) is 10.2 Å². The van der Waals surface area contributed by atoms with Crippen LogP contribution in [0.15, 0.2) is 59.3 Å². The molecule has 32 heavy (non-hydrogen) atoms. The molecule has 4 rings (SSSR count). The summed E-state index contributed by atoms with van der Waals surface area (Å²) < 4.78 is 5.66. The zero-order chi connectivity index (χ0) is 22.9. The van der Waals surface area contributed by atoms with Crippen LogP contribution in [0.3, 0.4) is 0 Å². The molecule has 0 radical (unpaired) electrons. The fourth-order valence-corrected chi connectivity index (χ4v) is 3.34. The van der Waals surface area contributed by atoms with Crippen LogP contribution in [0, 0.1) is 0 Å². The molecule has 10 nitrogen and oxygen atoms in total. The average molecular weight is 437 g/mol. The van der Waals surface area contributed by atoms with Crippen molar-refractivity contribution in [3.63, 3.8) is 0 Å². The Balaban J connectivity index is 0.000000913. The van der Waals surface area contributed by atoms with Crippen molar-refractivity contribution in [3.8, 4) is 11.5 Å². The highest BCUT2D eigenvalue weighted by Crippen LogP contribution is 2.20. The lowest BCUT2D eigenvalue weighted by molar-refractivity contribution is -0.156. The Morgan fingerprint density at radius 2 is 1.91 bits per heavy atom. The average Bonchev–Trinajstić information content (AvgIpc) is 3.29. The molecule has 3 aromatic rings. The number of hydrogen-bond donors (Lipinski definition) is 1. The van der Waals surface area contributed by atoms with Gasteiger partial charge in [-0.2, -0.15) is 0 Å². The van der Waals surface area contributed by atoms with Crippen LogP contribution in [-0.2, 0) is 27.3 Å². The molecule has 1 aromatic carbocycles. The van der Waals surface area contributed by atoms with Gasteiger partial charge in [0.15, 0.2) is 0 Å². The molecular formula is C22H23N5O5. The Morgan fingerprint density at radius 1 is 1.16 bits per heavy atom. The Labute approximate surface area is 184 Å². The van der Waals surface area contributed by atoms with Crippen LogP contribution in [0.5, 0.6) is 0 Å². The van der Waals surface area contributed by atoms with Crippen LogP contribution in [0.2, 0.25) is 0 Å². The Hall–Kier alpha value is -4.08. The van der Waals surface area contributed by atoms with Gasteiger partial charge in [-0.05, 0) is 31.0 Å². The van der Waals surface area contributed by atoms with Gasteiger partial charge in [0.25, 0.3) is 6.47 Å². The van der Waals surface area contributed by atoms with Crippen molar-refractivity contribution < 1.29 is 23.9 Å². The van der Waals surface area contributed by atoms with E-state index in [2.05, 4.69) is 15.2 Å². The summed E-state index contributed by atoms with van der Waals surface area (Å²) in [6.45, 7) is 2.15. The van der Waals surface area contributed by atoms with Crippen LogP contribution in [-0.4, -0.2) is 67.5 Å². The SMILES string of the molecule is C[C@H]1C(=O)N(CCc2ccccc2)CC(=O)N1Cc1nnc(-c2cccnc2)o1.O=CO. The molecule has 3 heterocycles. The summed E-state index contributed by atoms with van der Waals surface area (Å²) in [5.41, 5.74) is 1.84. The molecule has 1 N–H and O–H groups in total. The van der Waals surface area contributed by atoms with Gasteiger partial charge in [0.2, 0.25) is 23.6 Å². The smallest absolute Gasteiger partial charge is 0.290 e. The van der Waals surface area contributed by atoms with E-state index in [1.54, 1.807) is 30.3 Å². The van der Waals surface area contributed by atoms with E-state index in [4.69, 9.17) is 14.3 Å². The molecule has 1 aliphatic heterocycles. The standard InChI is InChI=1S/C21H21N5O3.CH2O2/c1-15-21(28)25(11-9-16-6-3-2-4-7-16)14-19(27)26(15)13-18-23-24-20(29-18)17-8-5-10-22-12-17;2-1-3/h2-8,10,12,15H,9,11,13-14H2,1H3;1H,(H,2,3)/t15-;/m0./s1. The van der Waals surface area contributed by atoms with Crippen LogP contribution >= 0.6 is 0 Å². The number of benzene rings is 1. The number of amides is 2. The van der Waals surface area contributed by atoms with E-state index in [1.807, 2.05) is 36.4 Å². The Bertz CT molecular complexity index is 1040. The van der Waals surface area contributed by atoms with Crippen LogP contribution in [0.25, 0.3) is 11.5 Å². The molecule has 10 heteroatoms. The van der Waals surface area contributed by atoms with Crippen molar-refractivity contribution in [2.45, 2.75) is 25.9 Å². The lowest BCUT2D eigenvalue weighted by Gasteiger charge is -2.38. The van der Waals surface area contributed by atoms with E-state index in [0.29, 0.717) is 24.4 Å². The first-order valence-corrected chi connectivity index (χ1v) is 9.96. The molecule has 0 aliphatic carbocycles. The number of carbonyl (C=O) groups excluding carboxylic acids is 2. The van der Waals surface area contributed by atoms with Crippen molar-refractivity contribution >= 4 is 18.3 Å². The van der Waals surface area contributed by atoms with E-state index in [9.17, 15) is 9.59 Å². The first-order valence-electron chi connectivity index (χ1n) is 9.96. The highest BCUT2D eigenvalue weighted by molar-refractivity contribution is 5.94. The molecule has 2 amide bonds. The normalized spacial score (nSPS) is 15.8. The molecule has 166 valence electrons. The van der Waals surface area contributed by atoms with Gasteiger partial charge >= 0.3 is 0 Å². The number of piperazine rings is 1. The van der Waals surface area contributed by atoms with Crippen molar-refractivity contribution in [1.82, 2.24) is 25.0 Å².